The second kappa shape index (κ2) is 10.7. The van der Waals surface area contributed by atoms with Gasteiger partial charge in [0.1, 0.15) is 5.75 Å². The number of nitrogens with one attached hydrogen (secondary N) is 2. The molecule has 1 heterocycles. The number of methoxy groups -OCH3 is 1. The van der Waals surface area contributed by atoms with E-state index in [1.165, 1.54) is 5.56 Å². The van der Waals surface area contributed by atoms with Crippen LogP contribution in [0.3, 0.4) is 0 Å². The van der Waals surface area contributed by atoms with Gasteiger partial charge >= 0.3 is 0 Å². The predicted octanol–water partition coefficient (Wildman–Crippen LogP) is 2.85. The molecular weight excluding hydrogens is 438 g/mol. The van der Waals surface area contributed by atoms with Crippen molar-refractivity contribution in [1.29, 1.82) is 0 Å². The van der Waals surface area contributed by atoms with Crippen LogP contribution in [0.25, 0.3) is 0 Å². The average Bonchev–Trinajstić information content (AvgIpc) is 3.63. The van der Waals surface area contributed by atoms with E-state index < -0.39 is 10.0 Å². The summed E-state index contributed by atoms with van der Waals surface area (Å²) < 4.78 is 32.5. The lowest BCUT2D eigenvalue weighted by Gasteiger charge is -2.32. The summed E-state index contributed by atoms with van der Waals surface area (Å²) in [5.74, 6) is 0.925. The van der Waals surface area contributed by atoms with E-state index in [-0.39, 0.29) is 22.9 Å². The Morgan fingerprint density at radius 1 is 1.00 bits per heavy atom. The number of rotatable bonds is 10. The van der Waals surface area contributed by atoms with E-state index in [9.17, 15) is 13.2 Å². The highest BCUT2D eigenvalue weighted by molar-refractivity contribution is 7.89. The number of carbonyl (C=O) groups excluding carboxylic acids is 1. The molecule has 2 aliphatic rings. The molecule has 0 atom stereocenters. The minimum atomic E-state index is -3.43. The van der Waals surface area contributed by atoms with Gasteiger partial charge in [0, 0.05) is 38.1 Å². The Bertz CT molecular complexity index is 1040. The molecule has 178 valence electrons. The maximum atomic E-state index is 12.4. The first-order valence-electron chi connectivity index (χ1n) is 11.7. The number of aryl methyl sites for hydroxylation is 1. The van der Waals surface area contributed by atoms with Crippen LogP contribution in [0, 0.1) is 0 Å². The SMILES string of the molecule is COc1cccc(CN2CCC(NC(=O)CCc3ccc(S(=O)(=O)NC4CC4)cc3)CC2)c1. The Labute approximate surface area is 196 Å². The first-order chi connectivity index (χ1) is 15.9. The molecule has 0 aromatic heterocycles. The number of hydrogen-bond acceptors (Lipinski definition) is 5. The molecule has 0 unspecified atom stereocenters. The molecule has 8 heteroatoms. The normalized spacial score (nSPS) is 17.6. The summed E-state index contributed by atoms with van der Waals surface area (Å²) >= 11 is 0. The molecule has 1 aliphatic heterocycles. The van der Waals surface area contributed by atoms with Gasteiger partial charge in [-0.3, -0.25) is 9.69 Å². The lowest BCUT2D eigenvalue weighted by Crippen LogP contribution is -2.44. The van der Waals surface area contributed by atoms with Crippen LogP contribution in [0.1, 0.15) is 43.2 Å². The minimum Gasteiger partial charge on any atom is -0.497 e. The summed E-state index contributed by atoms with van der Waals surface area (Å²) in [4.78, 5) is 15.1. The fourth-order valence-corrected chi connectivity index (χ4v) is 5.45. The molecule has 4 rings (SSSR count). The summed E-state index contributed by atoms with van der Waals surface area (Å²) in [5.41, 5.74) is 2.20. The van der Waals surface area contributed by atoms with Crippen LogP contribution in [0.2, 0.25) is 0 Å². The van der Waals surface area contributed by atoms with Crippen molar-refractivity contribution in [2.24, 2.45) is 0 Å². The molecule has 1 aliphatic carbocycles. The molecule has 2 N–H and O–H groups in total. The third-order valence-electron chi connectivity index (χ3n) is 6.27. The molecule has 2 fully saturated rings. The monoisotopic (exact) mass is 471 g/mol. The summed E-state index contributed by atoms with van der Waals surface area (Å²) in [5, 5.41) is 3.16. The van der Waals surface area contributed by atoms with Gasteiger partial charge in [-0.15, -0.1) is 0 Å². The maximum Gasteiger partial charge on any atom is 0.240 e. The van der Waals surface area contributed by atoms with Crippen LogP contribution in [-0.2, 0) is 27.8 Å². The number of sulfonamides is 1. The smallest absolute Gasteiger partial charge is 0.240 e. The molecule has 1 saturated heterocycles. The first kappa shape index (κ1) is 23.7. The van der Waals surface area contributed by atoms with Crippen molar-refractivity contribution in [3.63, 3.8) is 0 Å². The highest BCUT2D eigenvalue weighted by atomic mass is 32.2. The largest absolute Gasteiger partial charge is 0.497 e. The minimum absolute atomic E-state index is 0.0494. The van der Waals surface area contributed by atoms with Gasteiger partial charge in [-0.05, 0) is 67.5 Å². The number of ether oxygens (including phenoxy) is 1. The summed E-state index contributed by atoms with van der Waals surface area (Å²) in [6, 6.07) is 15.3. The molecule has 0 bridgehead atoms. The third kappa shape index (κ3) is 7.03. The number of carbonyl (C=O) groups is 1. The molecule has 0 radical (unpaired) electrons. The number of nitrogens with zero attached hydrogens (tertiary/aromatic N) is 1. The average molecular weight is 472 g/mol. The van der Waals surface area contributed by atoms with Gasteiger partial charge in [0.2, 0.25) is 15.9 Å². The van der Waals surface area contributed by atoms with E-state index in [1.807, 2.05) is 12.1 Å². The topological polar surface area (TPSA) is 87.7 Å². The number of benzene rings is 2. The van der Waals surface area contributed by atoms with Crippen LogP contribution in [-0.4, -0.2) is 51.5 Å². The highest BCUT2D eigenvalue weighted by Gasteiger charge is 2.28. The van der Waals surface area contributed by atoms with Crippen molar-refractivity contribution in [1.82, 2.24) is 14.9 Å². The second-order valence-corrected chi connectivity index (χ2v) is 10.7. The van der Waals surface area contributed by atoms with Crippen LogP contribution in [0.15, 0.2) is 53.4 Å². The molecule has 7 nitrogen and oxygen atoms in total. The van der Waals surface area contributed by atoms with Crippen LogP contribution in [0.4, 0.5) is 0 Å². The number of hydrogen-bond donors (Lipinski definition) is 2. The van der Waals surface area contributed by atoms with Crippen molar-refractivity contribution in [3.8, 4) is 5.75 Å². The van der Waals surface area contributed by atoms with Crippen molar-refractivity contribution in [2.45, 2.75) is 62.0 Å². The zero-order chi connectivity index (χ0) is 23.3. The maximum absolute atomic E-state index is 12.4. The van der Waals surface area contributed by atoms with E-state index in [0.29, 0.717) is 12.8 Å². The van der Waals surface area contributed by atoms with E-state index in [0.717, 1.165) is 56.6 Å². The van der Waals surface area contributed by atoms with Gasteiger partial charge < -0.3 is 10.1 Å². The molecule has 2 aromatic rings. The van der Waals surface area contributed by atoms with Gasteiger partial charge in [0.05, 0.1) is 12.0 Å². The number of likely N-dealkylation sites (tertiary alicyclic amines) is 1. The van der Waals surface area contributed by atoms with Gasteiger partial charge in [-0.1, -0.05) is 24.3 Å². The lowest BCUT2D eigenvalue weighted by molar-refractivity contribution is -0.122. The first-order valence-corrected chi connectivity index (χ1v) is 13.2. The highest BCUT2D eigenvalue weighted by Crippen LogP contribution is 2.22. The van der Waals surface area contributed by atoms with Crippen molar-refractivity contribution >= 4 is 15.9 Å². The number of amides is 1. The lowest BCUT2D eigenvalue weighted by atomic mass is 10.0. The summed E-state index contributed by atoms with van der Waals surface area (Å²) in [6.07, 6.45) is 4.70. The molecule has 0 spiro atoms. The zero-order valence-electron chi connectivity index (χ0n) is 19.1. The quantitative estimate of drug-likeness (QED) is 0.556. The van der Waals surface area contributed by atoms with Crippen LogP contribution < -0.4 is 14.8 Å². The summed E-state index contributed by atoms with van der Waals surface area (Å²) in [6.45, 7) is 2.79. The molecule has 1 amide bonds. The van der Waals surface area contributed by atoms with Crippen LogP contribution in [0.5, 0.6) is 5.75 Å². The molecular formula is C25H33N3O4S. The van der Waals surface area contributed by atoms with Gasteiger partial charge in [0.15, 0.2) is 0 Å². The van der Waals surface area contributed by atoms with Gasteiger partial charge in [-0.25, -0.2) is 13.1 Å². The fraction of sp³-hybridized carbons (Fsp3) is 0.480. The van der Waals surface area contributed by atoms with Crippen molar-refractivity contribution < 1.29 is 17.9 Å². The van der Waals surface area contributed by atoms with Gasteiger partial charge in [-0.2, -0.15) is 0 Å². The standard InChI is InChI=1S/C25H33N3O4S/c1-32-23-4-2-3-20(17-23)18-28-15-13-21(14-16-28)26-25(29)12-7-19-5-10-24(11-6-19)33(30,31)27-22-8-9-22/h2-6,10-11,17,21-22,27H,7-9,12-16,18H2,1H3,(H,26,29). The zero-order valence-corrected chi connectivity index (χ0v) is 19.9. The van der Waals surface area contributed by atoms with E-state index in [4.69, 9.17) is 4.74 Å². The van der Waals surface area contributed by atoms with E-state index in [1.54, 1.807) is 31.4 Å². The van der Waals surface area contributed by atoms with Crippen LogP contribution >= 0.6 is 0 Å². The Morgan fingerprint density at radius 2 is 1.73 bits per heavy atom. The predicted molar refractivity (Wildman–Crippen MR) is 128 cm³/mol. The van der Waals surface area contributed by atoms with Gasteiger partial charge in [0.25, 0.3) is 0 Å². The van der Waals surface area contributed by atoms with Crippen molar-refractivity contribution in [2.75, 3.05) is 20.2 Å². The fourth-order valence-electron chi connectivity index (χ4n) is 4.15. The second-order valence-electron chi connectivity index (χ2n) is 9.01. The number of piperidine rings is 1. The Hall–Kier alpha value is -2.42. The molecule has 33 heavy (non-hydrogen) atoms. The van der Waals surface area contributed by atoms with E-state index >= 15 is 0 Å². The molecule has 2 aromatic carbocycles. The summed E-state index contributed by atoms with van der Waals surface area (Å²) in [7, 11) is -1.75. The molecule has 1 saturated carbocycles. The Morgan fingerprint density at radius 3 is 2.39 bits per heavy atom. The Balaban J connectivity index is 1.17. The van der Waals surface area contributed by atoms with Crippen molar-refractivity contribution in [3.05, 3.63) is 59.7 Å². The van der Waals surface area contributed by atoms with E-state index in [2.05, 4.69) is 27.1 Å². The third-order valence-corrected chi connectivity index (χ3v) is 7.80. The Kier molecular flexibility index (Phi) is 7.67.